The van der Waals surface area contributed by atoms with Crippen LogP contribution in [-0.2, 0) is 4.74 Å². The minimum atomic E-state index is 0.241. The van der Waals surface area contributed by atoms with Crippen LogP contribution in [0.4, 0.5) is 0 Å². The van der Waals surface area contributed by atoms with Crippen LogP contribution in [0.15, 0.2) is 36.4 Å². The Morgan fingerprint density at radius 3 is 2.95 bits per heavy atom. The zero-order chi connectivity index (χ0) is 15.5. The second-order valence-electron chi connectivity index (χ2n) is 7.54. The zero-order valence-corrected chi connectivity index (χ0v) is 13.4. The van der Waals surface area contributed by atoms with Crippen molar-refractivity contribution in [2.24, 2.45) is 17.3 Å². The maximum Gasteiger partial charge on any atom is 0.116 e. The van der Waals surface area contributed by atoms with Gasteiger partial charge in [-0.1, -0.05) is 37.3 Å². The standard InChI is InChI=1S/C20H24O2/c1-12-8-9-20(2)11-17(22-3)18-15-7-5-14(21)10-13(15)4-6-16(18)19(12)20/h4-7,10,16-19,21H,1,8-9,11H2,2-3H3/t16-,17+,18-,19+,20+/m1/s1. The minimum absolute atomic E-state index is 0.241. The Hall–Kier alpha value is -1.54. The molecule has 2 heteroatoms. The predicted octanol–water partition coefficient (Wildman–Crippen LogP) is 4.51. The molecule has 0 aliphatic heterocycles. The fourth-order valence-corrected chi connectivity index (χ4v) is 5.35. The van der Waals surface area contributed by atoms with Crippen LogP contribution >= 0.6 is 0 Å². The summed E-state index contributed by atoms with van der Waals surface area (Å²) < 4.78 is 5.93. The number of hydrogen-bond acceptors (Lipinski definition) is 2. The van der Waals surface area contributed by atoms with Gasteiger partial charge in [0.25, 0.3) is 0 Å². The molecule has 1 aromatic carbocycles. The van der Waals surface area contributed by atoms with E-state index < -0.39 is 0 Å². The molecule has 3 aliphatic carbocycles. The molecule has 0 aromatic heterocycles. The molecule has 1 aromatic rings. The first kappa shape index (κ1) is 14.1. The smallest absolute Gasteiger partial charge is 0.116 e. The summed E-state index contributed by atoms with van der Waals surface area (Å²) in [7, 11) is 1.84. The van der Waals surface area contributed by atoms with Crippen LogP contribution in [0, 0.1) is 17.3 Å². The molecule has 0 radical (unpaired) electrons. The third-order valence-corrected chi connectivity index (χ3v) is 6.31. The maximum absolute atomic E-state index is 9.76. The lowest BCUT2D eigenvalue weighted by molar-refractivity contribution is -0.0332. The van der Waals surface area contributed by atoms with Gasteiger partial charge in [0.05, 0.1) is 6.10 Å². The Balaban J connectivity index is 1.84. The number of hydrogen-bond donors (Lipinski definition) is 1. The first-order valence-corrected chi connectivity index (χ1v) is 8.25. The van der Waals surface area contributed by atoms with Gasteiger partial charge in [-0.2, -0.15) is 0 Å². The highest BCUT2D eigenvalue weighted by atomic mass is 16.5. The van der Waals surface area contributed by atoms with Crippen LogP contribution in [0.3, 0.4) is 0 Å². The Morgan fingerprint density at radius 1 is 1.36 bits per heavy atom. The van der Waals surface area contributed by atoms with Crippen molar-refractivity contribution in [3.05, 3.63) is 47.6 Å². The molecule has 2 nitrogen and oxygen atoms in total. The second kappa shape index (κ2) is 4.73. The second-order valence-corrected chi connectivity index (χ2v) is 7.54. The van der Waals surface area contributed by atoms with Gasteiger partial charge in [0.15, 0.2) is 0 Å². The summed E-state index contributed by atoms with van der Waals surface area (Å²) in [6.07, 6.45) is 8.25. The van der Waals surface area contributed by atoms with Gasteiger partial charge in [-0.15, -0.1) is 0 Å². The van der Waals surface area contributed by atoms with E-state index in [4.69, 9.17) is 4.74 Å². The lowest BCUT2D eigenvalue weighted by Crippen LogP contribution is -2.46. The molecule has 4 rings (SSSR count). The van der Waals surface area contributed by atoms with Crippen molar-refractivity contribution >= 4 is 6.08 Å². The monoisotopic (exact) mass is 296 g/mol. The largest absolute Gasteiger partial charge is 0.508 e. The van der Waals surface area contributed by atoms with E-state index in [0.29, 0.717) is 28.9 Å². The Morgan fingerprint density at radius 2 is 2.18 bits per heavy atom. The molecule has 1 N–H and O–H groups in total. The topological polar surface area (TPSA) is 29.5 Å². The van der Waals surface area contributed by atoms with Crippen LogP contribution < -0.4 is 0 Å². The molecule has 116 valence electrons. The van der Waals surface area contributed by atoms with Crippen LogP contribution in [0.1, 0.15) is 43.2 Å². The number of aromatic hydroxyl groups is 1. The SMILES string of the molecule is C=C1CC[C@@]2(C)C[C@H](OC)[C@@H]3c4ccc(O)cc4C=C[C@H]3[C@H]12. The van der Waals surface area contributed by atoms with Crippen molar-refractivity contribution in [2.45, 2.75) is 38.2 Å². The predicted molar refractivity (Wildman–Crippen MR) is 88.8 cm³/mol. The van der Waals surface area contributed by atoms with Gasteiger partial charge in [0.2, 0.25) is 0 Å². The van der Waals surface area contributed by atoms with Crippen molar-refractivity contribution in [3.8, 4) is 5.75 Å². The van der Waals surface area contributed by atoms with Gasteiger partial charge in [-0.25, -0.2) is 0 Å². The van der Waals surface area contributed by atoms with E-state index in [1.165, 1.54) is 17.6 Å². The third kappa shape index (κ3) is 1.83. The molecule has 0 spiro atoms. The average molecular weight is 296 g/mol. The van der Waals surface area contributed by atoms with Crippen molar-refractivity contribution in [3.63, 3.8) is 0 Å². The molecular formula is C20H24O2. The summed E-state index contributed by atoms with van der Waals surface area (Å²) >= 11 is 0. The van der Waals surface area contributed by atoms with E-state index in [-0.39, 0.29) is 6.10 Å². The van der Waals surface area contributed by atoms with Gasteiger partial charge < -0.3 is 9.84 Å². The van der Waals surface area contributed by atoms with E-state index >= 15 is 0 Å². The number of phenolic OH excluding ortho intramolecular Hbond substituents is 1. The number of fused-ring (bicyclic) bond motifs is 5. The first-order chi connectivity index (χ1) is 10.5. The van der Waals surface area contributed by atoms with Crippen molar-refractivity contribution in [1.29, 1.82) is 0 Å². The zero-order valence-electron chi connectivity index (χ0n) is 13.4. The molecule has 0 bridgehead atoms. The summed E-state index contributed by atoms with van der Waals surface area (Å²) in [5.74, 6) is 1.73. The van der Waals surface area contributed by atoms with E-state index in [0.717, 1.165) is 18.4 Å². The molecule has 0 heterocycles. The molecule has 5 atom stereocenters. The number of ether oxygens (including phenoxy) is 1. The van der Waals surface area contributed by atoms with E-state index in [1.54, 1.807) is 6.07 Å². The lowest BCUT2D eigenvalue weighted by atomic mass is 9.56. The molecular weight excluding hydrogens is 272 g/mol. The Kier molecular flexibility index (Phi) is 3.02. The maximum atomic E-state index is 9.76. The number of methoxy groups -OCH3 is 1. The van der Waals surface area contributed by atoms with Crippen LogP contribution in [-0.4, -0.2) is 18.3 Å². The highest BCUT2D eigenvalue weighted by Crippen LogP contribution is 2.62. The molecule has 0 saturated heterocycles. The summed E-state index contributed by atoms with van der Waals surface area (Å²) in [4.78, 5) is 0. The van der Waals surface area contributed by atoms with Crippen LogP contribution in [0.25, 0.3) is 6.08 Å². The summed E-state index contributed by atoms with van der Waals surface area (Å²) in [6, 6.07) is 5.75. The van der Waals surface area contributed by atoms with E-state index in [2.05, 4.69) is 31.7 Å². The fourth-order valence-electron chi connectivity index (χ4n) is 5.35. The molecule has 3 aliphatic rings. The van der Waals surface area contributed by atoms with Crippen LogP contribution in [0.2, 0.25) is 0 Å². The van der Waals surface area contributed by atoms with Gasteiger partial charge >= 0.3 is 0 Å². The van der Waals surface area contributed by atoms with Crippen molar-refractivity contribution in [1.82, 2.24) is 0 Å². The minimum Gasteiger partial charge on any atom is -0.508 e. The molecule has 2 fully saturated rings. The van der Waals surface area contributed by atoms with E-state index in [1.807, 2.05) is 13.2 Å². The van der Waals surface area contributed by atoms with Gasteiger partial charge in [-0.3, -0.25) is 0 Å². The Bertz CT molecular complexity index is 660. The Labute approximate surface area is 132 Å². The molecule has 2 saturated carbocycles. The number of phenols is 1. The average Bonchev–Trinajstić information content (AvgIpc) is 2.81. The van der Waals surface area contributed by atoms with Gasteiger partial charge in [0, 0.05) is 13.0 Å². The fraction of sp³-hybridized carbons (Fsp3) is 0.500. The molecule has 0 unspecified atom stereocenters. The molecule has 22 heavy (non-hydrogen) atoms. The summed E-state index contributed by atoms with van der Waals surface area (Å²) in [6.45, 7) is 6.80. The first-order valence-electron chi connectivity index (χ1n) is 8.25. The quantitative estimate of drug-likeness (QED) is 0.773. The third-order valence-electron chi connectivity index (χ3n) is 6.31. The number of benzene rings is 1. The van der Waals surface area contributed by atoms with E-state index in [9.17, 15) is 5.11 Å². The lowest BCUT2D eigenvalue weighted by Gasteiger charge is -2.51. The highest BCUT2D eigenvalue weighted by molar-refractivity contribution is 5.61. The van der Waals surface area contributed by atoms with Crippen molar-refractivity contribution < 1.29 is 9.84 Å². The highest BCUT2D eigenvalue weighted by Gasteiger charge is 2.54. The van der Waals surface area contributed by atoms with Gasteiger partial charge in [0.1, 0.15) is 5.75 Å². The van der Waals surface area contributed by atoms with Crippen LogP contribution in [0.5, 0.6) is 5.75 Å². The summed E-state index contributed by atoms with van der Waals surface area (Å²) in [5.41, 5.74) is 4.19. The normalized spacial score (nSPS) is 39.3. The van der Waals surface area contributed by atoms with Crippen molar-refractivity contribution in [2.75, 3.05) is 7.11 Å². The number of rotatable bonds is 1. The number of allylic oxidation sites excluding steroid dienone is 2. The van der Waals surface area contributed by atoms with Gasteiger partial charge in [-0.05, 0) is 59.8 Å². The molecule has 0 amide bonds. The summed E-state index contributed by atoms with van der Waals surface area (Å²) in [5, 5.41) is 9.76.